The van der Waals surface area contributed by atoms with Gasteiger partial charge in [-0.1, -0.05) is 0 Å². The molecule has 0 radical (unpaired) electrons. The first kappa shape index (κ1) is 25.2. The molecule has 0 saturated heterocycles. The Morgan fingerprint density at radius 3 is 2.56 bits per heavy atom. The number of nitrogens with one attached hydrogen (secondary N) is 1. The Balaban J connectivity index is 1.98. The maximum Gasteiger partial charge on any atom is 0.244 e. The number of furan rings is 1. The predicted octanol–water partition coefficient (Wildman–Crippen LogP) is 5.46. The van der Waals surface area contributed by atoms with Crippen molar-refractivity contribution in [2.24, 2.45) is 0 Å². The van der Waals surface area contributed by atoms with Gasteiger partial charge >= 0.3 is 0 Å². The lowest BCUT2D eigenvalue weighted by molar-refractivity contribution is -0.116. The summed E-state index contributed by atoms with van der Waals surface area (Å²) in [6.45, 7) is 8.12. The molecule has 0 unspecified atom stereocenters. The highest BCUT2D eigenvalue weighted by molar-refractivity contribution is 6.01. The number of fused-ring (bicyclic) bond motifs is 1. The summed E-state index contributed by atoms with van der Waals surface area (Å²) >= 11 is 0. The molecule has 1 aromatic heterocycles. The summed E-state index contributed by atoms with van der Waals surface area (Å²) in [7, 11) is 3.26. The van der Waals surface area contributed by atoms with Gasteiger partial charge in [-0.05, 0) is 57.0 Å². The summed E-state index contributed by atoms with van der Waals surface area (Å²) in [5.74, 6) is 1.93. The predicted molar refractivity (Wildman–Crippen MR) is 134 cm³/mol. The molecule has 0 aliphatic heterocycles. The Kier molecular flexibility index (Phi) is 8.99. The average Bonchev–Trinajstić information content (AvgIpc) is 3.25. The van der Waals surface area contributed by atoms with Gasteiger partial charge in [0.05, 0.1) is 27.1 Å². The van der Waals surface area contributed by atoms with Crippen LogP contribution >= 0.6 is 0 Å². The van der Waals surface area contributed by atoms with Crippen LogP contribution in [0.2, 0.25) is 0 Å². The van der Waals surface area contributed by atoms with Crippen molar-refractivity contribution in [3.63, 3.8) is 0 Å². The second-order valence-corrected chi connectivity index (χ2v) is 7.66. The molecular formula is C27H33NO6. The number of rotatable bonds is 12. The fourth-order valence-corrected chi connectivity index (χ4v) is 3.73. The van der Waals surface area contributed by atoms with Crippen molar-refractivity contribution >= 4 is 22.4 Å². The summed E-state index contributed by atoms with van der Waals surface area (Å²) in [4.78, 5) is 12.5. The summed E-state index contributed by atoms with van der Waals surface area (Å²) in [5.41, 5.74) is 4.01. The summed E-state index contributed by atoms with van der Waals surface area (Å²) in [6, 6.07) is 9.48. The fourth-order valence-electron chi connectivity index (χ4n) is 3.73. The highest BCUT2D eigenvalue weighted by Gasteiger charge is 2.18. The number of carbonyl (C=O) groups is 1. The number of hydrogen-bond donors (Lipinski definition) is 1. The van der Waals surface area contributed by atoms with Crippen LogP contribution in [0, 0.1) is 0 Å². The molecule has 0 spiro atoms. The standard InChI is InChI=1S/C27H33NO6/c1-6-32-12-8-11-28-27(29)13-18(3)20-15-22-23(17-34-26(22)16-25(20)33-7-2)21-14-19(30-4)9-10-24(21)31-5/h9-10,13-17H,6-8,11-12H2,1-5H3,(H,28,29)/b18-13+. The largest absolute Gasteiger partial charge is 0.497 e. The molecule has 7 heteroatoms. The van der Waals surface area contributed by atoms with Crippen LogP contribution < -0.4 is 19.5 Å². The van der Waals surface area contributed by atoms with Crippen molar-refractivity contribution in [1.29, 1.82) is 0 Å². The minimum absolute atomic E-state index is 0.154. The van der Waals surface area contributed by atoms with E-state index in [4.69, 9.17) is 23.4 Å². The maximum absolute atomic E-state index is 12.5. The normalized spacial score (nSPS) is 11.5. The van der Waals surface area contributed by atoms with Gasteiger partial charge in [-0.3, -0.25) is 4.79 Å². The average molecular weight is 468 g/mol. The minimum atomic E-state index is -0.154. The first-order chi connectivity index (χ1) is 16.5. The van der Waals surface area contributed by atoms with Crippen molar-refractivity contribution < 1.29 is 28.2 Å². The monoisotopic (exact) mass is 467 g/mol. The number of allylic oxidation sites excluding steroid dienone is 1. The van der Waals surface area contributed by atoms with Gasteiger partial charge in [0.1, 0.15) is 22.8 Å². The zero-order valence-electron chi connectivity index (χ0n) is 20.5. The van der Waals surface area contributed by atoms with Crippen LogP contribution in [-0.4, -0.2) is 46.5 Å². The molecule has 7 nitrogen and oxygen atoms in total. The Bertz CT molecular complexity index is 1150. The molecule has 1 N–H and O–H groups in total. The van der Waals surface area contributed by atoms with Gasteiger partial charge in [-0.2, -0.15) is 0 Å². The minimum Gasteiger partial charge on any atom is -0.497 e. The molecule has 0 bridgehead atoms. The van der Waals surface area contributed by atoms with E-state index in [1.807, 2.05) is 51.1 Å². The number of carbonyl (C=O) groups excluding carboxylic acids is 1. The van der Waals surface area contributed by atoms with Crippen LogP contribution in [-0.2, 0) is 9.53 Å². The van der Waals surface area contributed by atoms with Crippen molar-refractivity contribution in [3.05, 3.63) is 48.2 Å². The lowest BCUT2D eigenvalue weighted by Crippen LogP contribution is -2.23. The molecule has 0 fully saturated rings. The molecule has 1 heterocycles. The lowest BCUT2D eigenvalue weighted by Gasteiger charge is -2.13. The molecule has 3 aromatic rings. The summed E-state index contributed by atoms with van der Waals surface area (Å²) in [6.07, 6.45) is 4.06. The molecule has 1 amide bonds. The van der Waals surface area contributed by atoms with Crippen LogP contribution in [0.4, 0.5) is 0 Å². The topological polar surface area (TPSA) is 79.2 Å². The summed E-state index contributed by atoms with van der Waals surface area (Å²) in [5, 5.41) is 3.79. The van der Waals surface area contributed by atoms with E-state index in [2.05, 4.69) is 5.32 Å². The molecule has 0 aliphatic rings. The first-order valence-corrected chi connectivity index (χ1v) is 11.5. The van der Waals surface area contributed by atoms with Gasteiger partial charge in [0.25, 0.3) is 0 Å². The smallest absolute Gasteiger partial charge is 0.244 e. The highest BCUT2D eigenvalue weighted by Crippen LogP contribution is 2.41. The van der Waals surface area contributed by atoms with Crippen molar-refractivity contribution in [3.8, 4) is 28.4 Å². The molecule has 0 atom stereocenters. The van der Waals surface area contributed by atoms with E-state index in [0.717, 1.165) is 34.1 Å². The number of benzene rings is 2. The third-order valence-corrected chi connectivity index (χ3v) is 5.41. The number of hydrogen-bond acceptors (Lipinski definition) is 6. The second kappa shape index (κ2) is 12.1. The van der Waals surface area contributed by atoms with Crippen molar-refractivity contribution in [1.82, 2.24) is 5.32 Å². The summed E-state index contributed by atoms with van der Waals surface area (Å²) < 4.78 is 28.0. The van der Waals surface area contributed by atoms with Gasteiger partial charge in [-0.25, -0.2) is 0 Å². The Labute approximate surface area is 200 Å². The van der Waals surface area contributed by atoms with E-state index in [1.54, 1.807) is 26.6 Å². The van der Waals surface area contributed by atoms with Gasteiger partial charge in [0.2, 0.25) is 5.91 Å². The van der Waals surface area contributed by atoms with E-state index in [0.29, 0.717) is 49.2 Å². The second-order valence-electron chi connectivity index (χ2n) is 7.66. The van der Waals surface area contributed by atoms with Crippen LogP contribution in [0.3, 0.4) is 0 Å². The van der Waals surface area contributed by atoms with Crippen molar-refractivity contribution in [2.45, 2.75) is 27.2 Å². The van der Waals surface area contributed by atoms with Gasteiger partial charge < -0.3 is 28.7 Å². The molecule has 0 aliphatic carbocycles. The zero-order chi connectivity index (χ0) is 24.5. The molecule has 3 rings (SSSR count). The van der Waals surface area contributed by atoms with Gasteiger partial charge in [0.15, 0.2) is 0 Å². The quantitative estimate of drug-likeness (QED) is 0.281. The lowest BCUT2D eigenvalue weighted by atomic mass is 9.98. The number of methoxy groups -OCH3 is 2. The first-order valence-electron chi connectivity index (χ1n) is 11.5. The van der Waals surface area contributed by atoms with E-state index in [9.17, 15) is 4.79 Å². The van der Waals surface area contributed by atoms with Gasteiger partial charge in [-0.15, -0.1) is 0 Å². The third-order valence-electron chi connectivity index (χ3n) is 5.41. The molecule has 0 saturated carbocycles. The van der Waals surface area contributed by atoms with E-state index < -0.39 is 0 Å². The highest BCUT2D eigenvalue weighted by atomic mass is 16.5. The third kappa shape index (κ3) is 5.91. The molecular weight excluding hydrogens is 434 g/mol. The van der Waals surface area contributed by atoms with Crippen LogP contribution in [0.1, 0.15) is 32.8 Å². The SMILES string of the molecule is CCOCCCNC(=O)/C=C(\C)c1cc2c(-c3cc(OC)ccc3OC)coc2cc1OCC. The maximum atomic E-state index is 12.5. The molecule has 34 heavy (non-hydrogen) atoms. The van der Waals surface area contributed by atoms with Crippen LogP contribution in [0.5, 0.6) is 17.2 Å². The Morgan fingerprint density at radius 2 is 1.85 bits per heavy atom. The molecule has 2 aromatic carbocycles. The van der Waals surface area contributed by atoms with Crippen LogP contribution in [0.15, 0.2) is 47.1 Å². The zero-order valence-corrected chi connectivity index (χ0v) is 20.5. The fraction of sp³-hybridized carbons (Fsp3) is 0.370. The number of ether oxygens (including phenoxy) is 4. The Hall–Kier alpha value is -3.45. The van der Waals surface area contributed by atoms with Gasteiger partial charge in [0, 0.05) is 54.0 Å². The van der Waals surface area contributed by atoms with E-state index in [-0.39, 0.29) is 5.91 Å². The van der Waals surface area contributed by atoms with E-state index in [1.165, 1.54) is 0 Å². The van der Waals surface area contributed by atoms with E-state index >= 15 is 0 Å². The Morgan fingerprint density at radius 1 is 1.03 bits per heavy atom. The molecule has 182 valence electrons. The number of amides is 1. The van der Waals surface area contributed by atoms with Crippen LogP contribution in [0.25, 0.3) is 27.7 Å². The van der Waals surface area contributed by atoms with Crippen molar-refractivity contribution in [2.75, 3.05) is 40.6 Å².